The predicted molar refractivity (Wildman–Crippen MR) is 69.5 cm³/mol. The normalized spacial score (nSPS) is 10.8. The van der Waals surface area contributed by atoms with Gasteiger partial charge in [0.25, 0.3) is 5.91 Å². The van der Waals surface area contributed by atoms with E-state index in [1.165, 1.54) is 0 Å². The third kappa shape index (κ3) is 2.33. The van der Waals surface area contributed by atoms with Gasteiger partial charge in [0.1, 0.15) is 0 Å². The van der Waals surface area contributed by atoms with Gasteiger partial charge >= 0.3 is 0 Å². The maximum Gasteiger partial charge on any atom is 0.258 e. The molecule has 2 aromatic heterocycles. The molecule has 3 aromatic rings. The number of aromatic nitrogens is 2. The summed E-state index contributed by atoms with van der Waals surface area (Å²) in [5, 5.41) is 6.40. The lowest BCUT2D eigenvalue weighted by atomic mass is 10.2. The number of halogens is 3. The van der Waals surface area contributed by atoms with Crippen molar-refractivity contribution in [2.75, 3.05) is 5.32 Å². The molecule has 0 aliphatic carbocycles. The third-order valence-electron chi connectivity index (χ3n) is 2.94. The zero-order valence-electron chi connectivity index (χ0n) is 10.5. The first-order chi connectivity index (χ1) is 10.1. The van der Waals surface area contributed by atoms with Crippen molar-refractivity contribution in [1.82, 2.24) is 9.61 Å². The Morgan fingerprint density at radius 3 is 2.71 bits per heavy atom. The molecule has 4 nitrogen and oxygen atoms in total. The Labute approximate surface area is 116 Å². The number of nitrogens with zero attached hydrogens (tertiary/aromatic N) is 2. The van der Waals surface area contributed by atoms with Gasteiger partial charge in [-0.2, -0.15) is 5.10 Å². The minimum absolute atomic E-state index is 0.386. The second kappa shape index (κ2) is 4.93. The molecule has 3 rings (SSSR count). The number of rotatable bonds is 2. The molecule has 1 amide bonds. The van der Waals surface area contributed by atoms with Crippen molar-refractivity contribution in [3.63, 3.8) is 0 Å². The van der Waals surface area contributed by atoms with E-state index in [4.69, 9.17) is 0 Å². The van der Waals surface area contributed by atoms with E-state index in [2.05, 4.69) is 10.4 Å². The van der Waals surface area contributed by atoms with Gasteiger partial charge in [0.15, 0.2) is 17.5 Å². The minimum Gasteiger partial charge on any atom is -0.322 e. The van der Waals surface area contributed by atoms with Crippen molar-refractivity contribution >= 4 is 17.1 Å². The van der Waals surface area contributed by atoms with E-state index in [0.29, 0.717) is 11.8 Å². The molecule has 1 N–H and O–H groups in total. The monoisotopic (exact) mass is 291 g/mol. The number of benzene rings is 1. The molecule has 0 spiro atoms. The van der Waals surface area contributed by atoms with Crippen molar-refractivity contribution < 1.29 is 18.0 Å². The van der Waals surface area contributed by atoms with Gasteiger partial charge in [-0.05, 0) is 30.3 Å². The molecule has 7 heteroatoms. The van der Waals surface area contributed by atoms with Crippen molar-refractivity contribution in [1.29, 1.82) is 0 Å². The van der Waals surface area contributed by atoms with Gasteiger partial charge in [0.2, 0.25) is 0 Å². The zero-order chi connectivity index (χ0) is 15.0. The van der Waals surface area contributed by atoms with E-state index < -0.39 is 28.9 Å². The maximum absolute atomic E-state index is 13.5. The summed E-state index contributed by atoms with van der Waals surface area (Å²) < 4.78 is 41.1. The Kier molecular flexibility index (Phi) is 3.09. The average molecular weight is 291 g/mol. The first kappa shape index (κ1) is 13.2. The van der Waals surface area contributed by atoms with Crippen LogP contribution in [0.4, 0.5) is 18.9 Å². The van der Waals surface area contributed by atoms with Gasteiger partial charge in [-0.1, -0.05) is 0 Å². The van der Waals surface area contributed by atoms with Crippen LogP contribution in [0.1, 0.15) is 10.4 Å². The van der Waals surface area contributed by atoms with Crippen LogP contribution in [0.5, 0.6) is 0 Å². The second-order valence-corrected chi connectivity index (χ2v) is 4.29. The van der Waals surface area contributed by atoms with Crippen molar-refractivity contribution in [2.24, 2.45) is 0 Å². The lowest BCUT2D eigenvalue weighted by molar-refractivity contribution is 0.102. The smallest absolute Gasteiger partial charge is 0.258 e. The molecular formula is C14H8F3N3O. The SMILES string of the molecule is O=C(Nc1ccn2nccc2c1)c1ccc(F)c(F)c1F. The van der Waals surface area contributed by atoms with Gasteiger partial charge in [-0.3, -0.25) is 4.79 Å². The molecule has 0 aliphatic rings. The van der Waals surface area contributed by atoms with Crippen LogP contribution >= 0.6 is 0 Å². The molecule has 21 heavy (non-hydrogen) atoms. The second-order valence-electron chi connectivity index (χ2n) is 4.29. The first-order valence-electron chi connectivity index (χ1n) is 5.94. The maximum atomic E-state index is 13.5. The molecule has 0 saturated heterocycles. The largest absolute Gasteiger partial charge is 0.322 e. The van der Waals surface area contributed by atoms with Gasteiger partial charge < -0.3 is 5.32 Å². The van der Waals surface area contributed by atoms with Crippen LogP contribution in [0, 0.1) is 17.5 Å². The number of carbonyl (C=O) groups is 1. The molecule has 0 atom stereocenters. The number of anilines is 1. The fourth-order valence-electron chi connectivity index (χ4n) is 1.90. The van der Waals surface area contributed by atoms with Crippen LogP contribution in [0.3, 0.4) is 0 Å². The van der Waals surface area contributed by atoms with E-state index in [9.17, 15) is 18.0 Å². The summed E-state index contributed by atoms with van der Waals surface area (Å²) in [4.78, 5) is 11.9. The summed E-state index contributed by atoms with van der Waals surface area (Å²) >= 11 is 0. The molecule has 0 radical (unpaired) electrons. The molecular weight excluding hydrogens is 283 g/mol. The predicted octanol–water partition coefficient (Wildman–Crippen LogP) is 3.00. The fourth-order valence-corrected chi connectivity index (χ4v) is 1.90. The van der Waals surface area contributed by atoms with Crippen LogP contribution in [0.25, 0.3) is 5.52 Å². The molecule has 0 aliphatic heterocycles. The Bertz CT molecular complexity index is 845. The van der Waals surface area contributed by atoms with Gasteiger partial charge in [0.05, 0.1) is 11.1 Å². The molecule has 106 valence electrons. The van der Waals surface area contributed by atoms with Crippen LogP contribution in [-0.4, -0.2) is 15.5 Å². The standard InChI is InChI=1S/C14H8F3N3O/c15-11-2-1-10(12(16)13(11)17)14(21)19-8-4-6-20-9(7-8)3-5-18-20/h1-7H,(H,19,21). The van der Waals surface area contributed by atoms with Crippen LogP contribution in [-0.2, 0) is 0 Å². The summed E-state index contributed by atoms with van der Waals surface area (Å²) in [5.41, 5.74) is 0.540. The van der Waals surface area contributed by atoms with Crippen LogP contribution < -0.4 is 5.32 Å². The Morgan fingerprint density at radius 2 is 1.90 bits per heavy atom. The Hall–Kier alpha value is -2.83. The average Bonchev–Trinajstić information content (AvgIpc) is 2.92. The molecule has 0 bridgehead atoms. The first-order valence-corrected chi connectivity index (χ1v) is 5.94. The minimum atomic E-state index is -1.67. The van der Waals surface area contributed by atoms with E-state index in [-0.39, 0.29) is 0 Å². The third-order valence-corrected chi connectivity index (χ3v) is 2.94. The number of amides is 1. The van der Waals surface area contributed by atoms with Crippen molar-refractivity contribution in [3.8, 4) is 0 Å². The number of hydrogen-bond donors (Lipinski definition) is 1. The molecule has 0 saturated carbocycles. The highest BCUT2D eigenvalue weighted by atomic mass is 19.2. The van der Waals surface area contributed by atoms with E-state index in [1.54, 1.807) is 35.1 Å². The number of fused-ring (bicyclic) bond motifs is 1. The van der Waals surface area contributed by atoms with Crippen molar-refractivity contribution in [2.45, 2.75) is 0 Å². The highest BCUT2D eigenvalue weighted by Gasteiger charge is 2.18. The fraction of sp³-hybridized carbons (Fsp3) is 0. The molecule has 0 unspecified atom stereocenters. The highest BCUT2D eigenvalue weighted by Crippen LogP contribution is 2.18. The lowest BCUT2D eigenvalue weighted by Gasteiger charge is -2.07. The number of hydrogen-bond acceptors (Lipinski definition) is 2. The summed E-state index contributed by atoms with van der Waals surface area (Å²) in [5.74, 6) is -5.40. The van der Waals surface area contributed by atoms with E-state index in [0.717, 1.165) is 11.6 Å². The Balaban J connectivity index is 1.90. The zero-order valence-corrected chi connectivity index (χ0v) is 10.5. The number of carbonyl (C=O) groups excluding carboxylic acids is 1. The topological polar surface area (TPSA) is 46.4 Å². The van der Waals surface area contributed by atoms with Crippen molar-refractivity contribution in [3.05, 3.63) is 65.7 Å². The summed E-state index contributed by atoms with van der Waals surface area (Å²) in [6.07, 6.45) is 3.18. The van der Waals surface area contributed by atoms with E-state index >= 15 is 0 Å². The highest BCUT2D eigenvalue weighted by molar-refractivity contribution is 6.04. The summed E-state index contributed by atoms with van der Waals surface area (Å²) in [6.45, 7) is 0. The Morgan fingerprint density at radius 1 is 1.10 bits per heavy atom. The van der Waals surface area contributed by atoms with Crippen LogP contribution in [0.2, 0.25) is 0 Å². The molecule has 0 fully saturated rings. The summed E-state index contributed by atoms with van der Waals surface area (Å²) in [6, 6.07) is 6.47. The van der Waals surface area contributed by atoms with Gasteiger partial charge in [-0.25, -0.2) is 17.7 Å². The van der Waals surface area contributed by atoms with Gasteiger partial charge in [0, 0.05) is 18.1 Å². The summed E-state index contributed by atoms with van der Waals surface area (Å²) in [7, 11) is 0. The quantitative estimate of drug-likeness (QED) is 0.738. The number of pyridine rings is 1. The lowest BCUT2D eigenvalue weighted by Crippen LogP contribution is -2.15. The molecule has 1 aromatic carbocycles. The molecule has 2 heterocycles. The van der Waals surface area contributed by atoms with E-state index in [1.807, 2.05) is 0 Å². The van der Waals surface area contributed by atoms with Crippen LogP contribution in [0.15, 0.2) is 42.7 Å². The van der Waals surface area contributed by atoms with Gasteiger partial charge in [-0.15, -0.1) is 0 Å². The number of nitrogens with one attached hydrogen (secondary N) is 1.